The smallest absolute Gasteiger partial charge is 0.126 e. The van der Waals surface area contributed by atoms with E-state index >= 15 is 0 Å². The Balaban J connectivity index is 2.40. The minimum Gasteiger partial charge on any atom is -0.320 e. The van der Waals surface area contributed by atoms with Crippen LogP contribution in [0.4, 0.5) is 4.39 Å². The van der Waals surface area contributed by atoms with Gasteiger partial charge in [0, 0.05) is 12.4 Å². The molecule has 2 nitrogen and oxygen atoms in total. The molecular weight excluding hydrogens is 239 g/mol. The maximum Gasteiger partial charge on any atom is 0.126 e. The van der Waals surface area contributed by atoms with Crippen LogP contribution in [0.2, 0.25) is 5.02 Å². The number of pyridine rings is 1. The van der Waals surface area contributed by atoms with Crippen LogP contribution in [-0.2, 0) is 0 Å². The summed E-state index contributed by atoms with van der Waals surface area (Å²) in [4.78, 5) is 3.89. The van der Waals surface area contributed by atoms with E-state index in [1.165, 1.54) is 12.3 Å². The van der Waals surface area contributed by atoms with Gasteiger partial charge in [-0.15, -0.1) is 0 Å². The van der Waals surface area contributed by atoms with Crippen LogP contribution in [-0.4, -0.2) is 4.98 Å². The molecule has 1 heterocycles. The molecule has 0 aliphatic rings. The first-order valence-electron chi connectivity index (χ1n) is 5.20. The number of nitrogens with zero attached hydrogens (tertiary/aromatic N) is 1. The monoisotopic (exact) mass is 250 g/mol. The van der Waals surface area contributed by atoms with Crippen molar-refractivity contribution >= 4 is 11.6 Å². The van der Waals surface area contributed by atoms with Gasteiger partial charge >= 0.3 is 0 Å². The van der Waals surface area contributed by atoms with Gasteiger partial charge in [0.15, 0.2) is 0 Å². The molecular formula is C13H12ClFN2. The van der Waals surface area contributed by atoms with Gasteiger partial charge in [0.2, 0.25) is 0 Å². The summed E-state index contributed by atoms with van der Waals surface area (Å²) in [5.41, 5.74) is 8.09. The molecule has 0 saturated carbocycles. The maximum atomic E-state index is 13.5. The number of rotatable bonds is 2. The van der Waals surface area contributed by atoms with Crippen LogP contribution < -0.4 is 5.73 Å². The number of aryl methyl sites for hydroxylation is 1. The normalized spacial score (nSPS) is 12.5. The highest BCUT2D eigenvalue weighted by molar-refractivity contribution is 6.31. The second-order valence-electron chi connectivity index (χ2n) is 3.88. The van der Waals surface area contributed by atoms with Gasteiger partial charge in [-0.3, -0.25) is 4.98 Å². The van der Waals surface area contributed by atoms with Crippen LogP contribution in [0.25, 0.3) is 0 Å². The quantitative estimate of drug-likeness (QED) is 0.889. The minimum absolute atomic E-state index is 0.261. The van der Waals surface area contributed by atoms with Crippen molar-refractivity contribution in [3.8, 4) is 0 Å². The van der Waals surface area contributed by atoms with Crippen molar-refractivity contribution in [2.45, 2.75) is 13.0 Å². The molecule has 1 aromatic heterocycles. The Labute approximate surface area is 104 Å². The SMILES string of the molecule is Cc1ccc(C(N)c2ccncc2Cl)cc1F. The first kappa shape index (κ1) is 12.0. The molecule has 0 bridgehead atoms. The van der Waals surface area contributed by atoms with Gasteiger partial charge in [-0.1, -0.05) is 23.7 Å². The van der Waals surface area contributed by atoms with Crippen LogP contribution in [0.5, 0.6) is 0 Å². The lowest BCUT2D eigenvalue weighted by Gasteiger charge is -2.14. The maximum absolute atomic E-state index is 13.5. The molecule has 1 unspecified atom stereocenters. The number of nitrogens with two attached hydrogens (primary N) is 1. The predicted octanol–water partition coefficient (Wildman–Crippen LogP) is 3.23. The van der Waals surface area contributed by atoms with Gasteiger partial charge in [0.05, 0.1) is 11.1 Å². The molecule has 2 aromatic rings. The lowest BCUT2D eigenvalue weighted by atomic mass is 9.99. The minimum atomic E-state index is -0.444. The van der Waals surface area contributed by atoms with E-state index in [1.807, 2.05) is 0 Å². The molecule has 0 aliphatic heterocycles. The van der Waals surface area contributed by atoms with Crippen molar-refractivity contribution in [1.29, 1.82) is 0 Å². The molecule has 88 valence electrons. The number of hydrogen-bond acceptors (Lipinski definition) is 2. The number of benzene rings is 1. The van der Waals surface area contributed by atoms with Crippen molar-refractivity contribution in [2.75, 3.05) is 0 Å². The largest absolute Gasteiger partial charge is 0.320 e. The molecule has 1 aromatic carbocycles. The van der Waals surface area contributed by atoms with Crippen LogP contribution in [0.15, 0.2) is 36.7 Å². The summed E-state index contributed by atoms with van der Waals surface area (Å²) in [6.07, 6.45) is 3.15. The summed E-state index contributed by atoms with van der Waals surface area (Å²) >= 11 is 6.00. The molecule has 0 radical (unpaired) electrons. The average Bonchev–Trinajstić information content (AvgIpc) is 2.32. The van der Waals surface area contributed by atoms with Crippen LogP contribution in [0.3, 0.4) is 0 Å². The van der Waals surface area contributed by atoms with Crippen molar-refractivity contribution in [3.63, 3.8) is 0 Å². The van der Waals surface area contributed by atoms with E-state index < -0.39 is 6.04 Å². The van der Waals surface area contributed by atoms with Gasteiger partial charge in [0.1, 0.15) is 5.82 Å². The fraction of sp³-hybridized carbons (Fsp3) is 0.154. The van der Waals surface area contributed by atoms with Gasteiger partial charge in [0.25, 0.3) is 0 Å². The Morgan fingerprint density at radius 1 is 1.35 bits per heavy atom. The van der Waals surface area contributed by atoms with Crippen molar-refractivity contribution in [3.05, 3.63) is 64.2 Å². The summed E-state index contributed by atoms with van der Waals surface area (Å²) in [7, 11) is 0. The Hall–Kier alpha value is -1.45. The van der Waals surface area contributed by atoms with E-state index in [-0.39, 0.29) is 5.82 Å². The number of aromatic nitrogens is 1. The highest BCUT2D eigenvalue weighted by Gasteiger charge is 2.13. The third-order valence-corrected chi connectivity index (χ3v) is 3.01. The molecule has 0 spiro atoms. The zero-order chi connectivity index (χ0) is 12.4. The van der Waals surface area contributed by atoms with E-state index in [0.717, 1.165) is 5.56 Å². The van der Waals surface area contributed by atoms with E-state index in [4.69, 9.17) is 17.3 Å². The van der Waals surface area contributed by atoms with Crippen LogP contribution in [0, 0.1) is 12.7 Å². The molecule has 4 heteroatoms. The molecule has 0 fully saturated rings. The topological polar surface area (TPSA) is 38.9 Å². The Bertz CT molecular complexity index is 543. The van der Waals surface area contributed by atoms with Gasteiger partial charge in [-0.05, 0) is 35.7 Å². The molecule has 0 saturated heterocycles. The first-order chi connectivity index (χ1) is 8.09. The zero-order valence-corrected chi connectivity index (χ0v) is 10.1. The molecule has 0 amide bonds. The lowest BCUT2D eigenvalue weighted by Crippen LogP contribution is -2.13. The number of halogens is 2. The highest BCUT2D eigenvalue weighted by atomic mass is 35.5. The van der Waals surface area contributed by atoms with Gasteiger partial charge < -0.3 is 5.73 Å². The Morgan fingerprint density at radius 2 is 2.12 bits per heavy atom. The van der Waals surface area contributed by atoms with Gasteiger partial charge in [-0.25, -0.2) is 4.39 Å². The van der Waals surface area contributed by atoms with Crippen molar-refractivity contribution in [2.24, 2.45) is 5.73 Å². The van der Waals surface area contributed by atoms with Crippen molar-refractivity contribution < 1.29 is 4.39 Å². The summed E-state index contributed by atoms with van der Waals surface area (Å²) in [6.45, 7) is 1.71. The summed E-state index contributed by atoms with van der Waals surface area (Å²) in [5.74, 6) is -0.261. The molecule has 2 N–H and O–H groups in total. The highest BCUT2D eigenvalue weighted by Crippen LogP contribution is 2.26. The molecule has 17 heavy (non-hydrogen) atoms. The van der Waals surface area contributed by atoms with Gasteiger partial charge in [-0.2, -0.15) is 0 Å². The average molecular weight is 251 g/mol. The summed E-state index contributed by atoms with van der Waals surface area (Å²) in [5, 5.41) is 0.487. The zero-order valence-electron chi connectivity index (χ0n) is 9.32. The second kappa shape index (κ2) is 4.82. The Morgan fingerprint density at radius 3 is 2.76 bits per heavy atom. The van der Waals surface area contributed by atoms with E-state index in [2.05, 4.69) is 4.98 Å². The van der Waals surface area contributed by atoms with E-state index in [0.29, 0.717) is 16.1 Å². The van der Waals surface area contributed by atoms with Crippen molar-refractivity contribution in [1.82, 2.24) is 4.98 Å². The summed E-state index contributed by atoms with van der Waals surface area (Å²) < 4.78 is 13.5. The van der Waals surface area contributed by atoms with E-state index in [1.54, 1.807) is 31.3 Å². The standard InChI is InChI=1S/C13H12ClFN2/c1-8-2-3-9(6-12(8)15)13(16)10-4-5-17-7-11(10)14/h2-7,13H,16H2,1H3. The first-order valence-corrected chi connectivity index (χ1v) is 5.58. The number of hydrogen-bond donors (Lipinski definition) is 1. The molecule has 1 atom stereocenters. The molecule has 0 aliphatic carbocycles. The Kier molecular flexibility index (Phi) is 3.41. The second-order valence-corrected chi connectivity index (χ2v) is 4.29. The fourth-order valence-electron chi connectivity index (χ4n) is 1.62. The lowest BCUT2D eigenvalue weighted by molar-refractivity contribution is 0.614. The third kappa shape index (κ3) is 2.46. The summed E-state index contributed by atoms with van der Waals surface area (Å²) in [6, 6.07) is 6.25. The predicted molar refractivity (Wildman–Crippen MR) is 66.4 cm³/mol. The van der Waals surface area contributed by atoms with E-state index in [9.17, 15) is 4.39 Å². The van der Waals surface area contributed by atoms with Crippen LogP contribution in [0.1, 0.15) is 22.7 Å². The van der Waals surface area contributed by atoms with Crippen LogP contribution >= 0.6 is 11.6 Å². The fourth-order valence-corrected chi connectivity index (χ4v) is 1.86. The molecule has 2 rings (SSSR count). The third-order valence-electron chi connectivity index (χ3n) is 2.69.